The van der Waals surface area contributed by atoms with Crippen LogP contribution in [0.25, 0.3) is 26.7 Å². The fraction of sp³-hybridized carbons (Fsp3) is 0.182. The van der Waals surface area contributed by atoms with E-state index in [1.54, 1.807) is 18.2 Å². The first kappa shape index (κ1) is 19.4. The zero-order chi connectivity index (χ0) is 21.4. The number of aromatic nitrogens is 3. The molecule has 3 heterocycles. The van der Waals surface area contributed by atoms with Gasteiger partial charge in [-0.15, -0.1) is 0 Å². The van der Waals surface area contributed by atoms with Gasteiger partial charge in [0.2, 0.25) is 10.9 Å². The van der Waals surface area contributed by atoms with Crippen molar-refractivity contribution in [2.45, 2.75) is 0 Å². The molecular formula is C22H20N6O2S. The molecule has 31 heavy (non-hydrogen) atoms. The number of hydrogen-bond donors (Lipinski definition) is 2. The molecule has 0 atom stereocenters. The van der Waals surface area contributed by atoms with Crippen LogP contribution in [-0.4, -0.2) is 46.7 Å². The Labute approximate surface area is 182 Å². The number of rotatable bonds is 4. The van der Waals surface area contributed by atoms with Crippen LogP contribution in [0.3, 0.4) is 0 Å². The van der Waals surface area contributed by atoms with Gasteiger partial charge >= 0.3 is 0 Å². The van der Waals surface area contributed by atoms with Crippen molar-refractivity contribution in [2.75, 3.05) is 31.1 Å². The smallest absolute Gasteiger partial charge is 0.277 e. The van der Waals surface area contributed by atoms with Crippen molar-refractivity contribution in [3.05, 3.63) is 70.5 Å². The molecule has 0 saturated carbocycles. The van der Waals surface area contributed by atoms with E-state index >= 15 is 0 Å². The molecular weight excluding hydrogens is 412 g/mol. The Bertz CT molecular complexity index is 1320. The molecule has 4 aromatic rings. The molecule has 0 spiro atoms. The molecule has 8 nitrogen and oxygen atoms in total. The number of piperazine rings is 1. The van der Waals surface area contributed by atoms with Gasteiger partial charge in [0.15, 0.2) is 0 Å². The fourth-order valence-corrected chi connectivity index (χ4v) is 4.53. The molecule has 0 bridgehead atoms. The lowest BCUT2D eigenvalue weighted by atomic mass is 10.0. The summed E-state index contributed by atoms with van der Waals surface area (Å²) in [6.45, 7) is 3.40. The predicted molar refractivity (Wildman–Crippen MR) is 122 cm³/mol. The molecule has 0 unspecified atom stereocenters. The van der Waals surface area contributed by atoms with Crippen LogP contribution >= 0.6 is 11.3 Å². The van der Waals surface area contributed by atoms with Crippen LogP contribution in [0.5, 0.6) is 0 Å². The number of benzene rings is 2. The predicted octanol–water partition coefficient (Wildman–Crippen LogP) is 1.99. The topological polar surface area (TPSA) is 106 Å². The Hall–Kier alpha value is -3.56. The SMILES string of the molecule is NC(=O)c1ccc(-c2cccc(-c3nn4c(=O)cc(N5CCNCC5)nc4s3)c2)cc1. The van der Waals surface area contributed by atoms with Crippen molar-refractivity contribution < 1.29 is 4.79 Å². The van der Waals surface area contributed by atoms with Crippen LogP contribution < -0.4 is 21.5 Å². The Kier molecular flexibility index (Phi) is 4.97. The van der Waals surface area contributed by atoms with E-state index in [4.69, 9.17) is 5.73 Å². The maximum atomic E-state index is 12.6. The van der Waals surface area contributed by atoms with Crippen molar-refractivity contribution in [1.29, 1.82) is 0 Å². The van der Waals surface area contributed by atoms with Crippen molar-refractivity contribution >= 4 is 28.0 Å². The van der Waals surface area contributed by atoms with Gasteiger partial charge in [0.25, 0.3) is 5.56 Å². The maximum Gasteiger partial charge on any atom is 0.277 e. The Morgan fingerprint density at radius 1 is 1.00 bits per heavy atom. The quantitative estimate of drug-likeness (QED) is 0.511. The Morgan fingerprint density at radius 2 is 1.74 bits per heavy atom. The van der Waals surface area contributed by atoms with Gasteiger partial charge in [0.05, 0.1) is 0 Å². The fourth-order valence-electron chi connectivity index (χ4n) is 3.63. The highest BCUT2D eigenvalue weighted by atomic mass is 32.1. The van der Waals surface area contributed by atoms with Gasteiger partial charge in [-0.25, -0.2) is 4.98 Å². The standard InChI is InChI=1S/C22H20N6O2S/c23-20(30)15-6-4-14(5-7-15)16-2-1-3-17(12-16)21-26-28-19(29)13-18(25-22(28)31-21)27-10-8-24-9-11-27/h1-7,12-13,24H,8-11H2,(H2,23,30). The molecule has 156 valence electrons. The third kappa shape index (κ3) is 3.80. The lowest BCUT2D eigenvalue weighted by Crippen LogP contribution is -2.44. The molecule has 1 amide bonds. The van der Waals surface area contributed by atoms with E-state index in [1.165, 1.54) is 15.9 Å². The van der Waals surface area contributed by atoms with Gasteiger partial charge in [-0.1, -0.05) is 41.7 Å². The molecule has 2 aromatic heterocycles. The zero-order valence-electron chi connectivity index (χ0n) is 16.6. The van der Waals surface area contributed by atoms with Crippen LogP contribution in [0, 0.1) is 0 Å². The van der Waals surface area contributed by atoms with Crippen LogP contribution in [0.1, 0.15) is 10.4 Å². The second kappa shape index (κ2) is 7.93. The highest BCUT2D eigenvalue weighted by Gasteiger charge is 2.16. The number of carbonyl (C=O) groups is 1. The van der Waals surface area contributed by atoms with Crippen LogP contribution in [0.2, 0.25) is 0 Å². The normalized spacial score (nSPS) is 14.1. The number of hydrogen-bond acceptors (Lipinski definition) is 7. The van der Waals surface area contributed by atoms with Gasteiger partial charge in [-0.3, -0.25) is 9.59 Å². The lowest BCUT2D eigenvalue weighted by molar-refractivity contribution is 0.100. The zero-order valence-corrected chi connectivity index (χ0v) is 17.4. The van der Waals surface area contributed by atoms with Crippen LogP contribution in [0.4, 0.5) is 5.82 Å². The molecule has 1 aliphatic rings. The summed E-state index contributed by atoms with van der Waals surface area (Å²) in [6, 6.07) is 16.6. The number of nitrogens with two attached hydrogens (primary N) is 1. The van der Waals surface area contributed by atoms with E-state index in [2.05, 4.69) is 20.3 Å². The van der Waals surface area contributed by atoms with E-state index in [0.717, 1.165) is 47.9 Å². The van der Waals surface area contributed by atoms with Crippen LogP contribution in [-0.2, 0) is 0 Å². The number of carbonyl (C=O) groups excluding carboxylic acids is 1. The molecule has 1 fully saturated rings. The van der Waals surface area contributed by atoms with Gasteiger partial charge in [-0.05, 0) is 29.3 Å². The molecule has 3 N–H and O–H groups in total. The summed E-state index contributed by atoms with van der Waals surface area (Å²) in [6.07, 6.45) is 0. The summed E-state index contributed by atoms with van der Waals surface area (Å²) in [4.78, 5) is 31.3. The van der Waals surface area contributed by atoms with E-state index in [-0.39, 0.29) is 5.56 Å². The van der Waals surface area contributed by atoms with Crippen molar-refractivity contribution in [3.8, 4) is 21.7 Å². The Morgan fingerprint density at radius 3 is 2.48 bits per heavy atom. The number of fused-ring (bicyclic) bond motifs is 1. The lowest BCUT2D eigenvalue weighted by Gasteiger charge is -2.27. The third-order valence-electron chi connectivity index (χ3n) is 5.28. The van der Waals surface area contributed by atoms with Crippen LogP contribution in [0.15, 0.2) is 59.4 Å². The number of primary amides is 1. The monoisotopic (exact) mass is 432 g/mol. The van der Waals surface area contributed by atoms with Gasteiger partial charge in [-0.2, -0.15) is 9.61 Å². The minimum absolute atomic E-state index is 0.181. The first-order chi connectivity index (χ1) is 15.1. The molecule has 2 aromatic carbocycles. The summed E-state index contributed by atoms with van der Waals surface area (Å²) < 4.78 is 1.36. The minimum atomic E-state index is -0.451. The Balaban J connectivity index is 1.50. The van der Waals surface area contributed by atoms with Crippen molar-refractivity contribution in [3.63, 3.8) is 0 Å². The molecule has 1 saturated heterocycles. The second-order valence-corrected chi connectivity index (χ2v) is 8.27. The average Bonchev–Trinajstić information content (AvgIpc) is 3.25. The summed E-state index contributed by atoms with van der Waals surface area (Å²) in [5, 5.41) is 8.53. The van der Waals surface area contributed by atoms with Crippen molar-refractivity contribution in [2.24, 2.45) is 5.73 Å². The third-order valence-corrected chi connectivity index (χ3v) is 6.24. The first-order valence-corrected chi connectivity index (χ1v) is 10.8. The molecule has 1 aliphatic heterocycles. The van der Waals surface area contributed by atoms with Crippen molar-refractivity contribution in [1.82, 2.24) is 19.9 Å². The highest BCUT2D eigenvalue weighted by molar-refractivity contribution is 7.19. The van der Waals surface area contributed by atoms with Gasteiger partial charge in [0, 0.05) is 43.4 Å². The van der Waals surface area contributed by atoms with E-state index in [0.29, 0.717) is 16.3 Å². The van der Waals surface area contributed by atoms with E-state index in [1.807, 2.05) is 36.4 Å². The largest absolute Gasteiger partial charge is 0.366 e. The first-order valence-electron chi connectivity index (χ1n) is 9.96. The molecule has 0 aliphatic carbocycles. The van der Waals surface area contributed by atoms with Gasteiger partial charge < -0.3 is 16.0 Å². The number of nitrogens with one attached hydrogen (secondary N) is 1. The van der Waals surface area contributed by atoms with Gasteiger partial charge in [0.1, 0.15) is 10.8 Å². The second-order valence-electron chi connectivity index (χ2n) is 7.31. The highest BCUT2D eigenvalue weighted by Crippen LogP contribution is 2.29. The number of nitrogens with zero attached hydrogens (tertiary/aromatic N) is 4. The molecule has 9 heteroatoms. The summed E-state index contributed by atoms with van der Waals surface area (Å²) in [5.74, 6) is 0.248. The molecule has 5 rings (SSSR count). The van der Waals surface area contributed by atoms with E-state index < -0.39 is 5.91 Å². The number of anilines is 1. The summed E-state index contributed by atoms with van der Waals surface area (Å²) in [5.41, 5.74) is 8.45. The summed E-state index contributed by atoms with van der Waals surface area (Å²) in [7, 11) is 0. The maximum absolute atomic E-state index is 12.6. The minimum Gasteiger partial charge on any atom is -0.366 e. The summed E-state index contributed by atoms with van der Waals surface area (Å²) >= 11 is 1.39. The van der Waals surface area contributed by atoms with E-state index in [9.17, 15) is 9.59 Å². The number of amides is 1. The molecule has 0 radical (unpaired) electrons. The average molecular weight is 433 g/mol.